The number of para-hydroxylation sites is 1. The largest absolute Gasteiger partial charge is 0.350 e. The molecular weight excluding hydrogens is 429 g/mol. The first-order valence-corrected chi connectivity index (χ1v) is 11.8. The molecule has 2 aliphatic heterocycles. The molecule has 32 heavy (non-hydrogen) atoms. The molecule has 1 unspecified atom stereocenters. The van der Waals surface area contributed by atoms with Crippen LogP contribution in [0.15, 0.2) is 53.4 Å². The Bertz CT molecular complexity index is 990. The topological polar surface area (TPSA) is 69.7 Å². The van der Waals surface area contributed by atoms with Crippen molar-refractivity contribution in [3.05, 3.63) is 59.9 Å². The number of hydrogen-bond donors (Lipinski definition) is 1. The van der Waals surface area contributed by atoms with Crippen molar-refractivity contribution in [3.63, 3.8) is 0 Å². The highest BCUT2D eigenvalue weighted by molar-refractivity contribution is 8.01. The Balaban J connectivity index is 1.48. The average molecular weight is 456 g/mol. The predicted octanol–water partition coefficient (Wildman–Crippen LogP) is 3.35. The molecular formula is C24H26FN3O3S. The minimum atomic E-state index is -0.882. The van der Waals surface area contributed by atoms with Gasteiger partial charge in [-0.2, -0.15) is 0 Å². The summed E-state index contributed by atoms with van der Waals surface area (Å²) in [5.41, 5.74) is 1.40. The third-order valence-corrected chi connectivity index (χ3v) is 6.98. The van der Waals surface area contributed by atoms with Gasteiger partial charge in [0.25, 0.3) is 5.91 Å². The van der Waals surface area contributed by atoms with Crippen LogP contribution in [0.1, 0.15) is 31.2 Å². The molecule has 168 valence electrons. The van der Waals surface area contributed by atoms with Gasteiger partial charge in [-0.05, 0) is 42.7 Å². The Labute approximate surface area is 191 Å². The number of nitrogens with zero attached hydrogens (tertiary/aromatic N) is 2. The second kappa shape index (κ2) is 10.2. The summed E-state index contributed by atoms with van der Waals surface area (Å²) in [6, 6.07) is 13.2. The fourth-order valence-corrected chi connectivity index (χ4v) is 5.18. The molecule has 1 atom stereocenters. The Morgan fingerprint density at radius 3 is 2.41 bits per heavy atom. The first kappa shape index (κ1) is 22.3. The van der Waals surface area contributed by atoms with Crippen LogP contribution in [0.5, 0.6) is 0 Å². The van der Waals surface area contributed by atoms with Gasteiger partial charge < -0.3 is 15.1 Å². The predicted molar refractivity (Wildman–Crippen MR) is 122 cm³/mol. The van der Waals surface area contributed by atoms with E-state index in [-0.39, 0.29) is 36.6 Å². The quantitative estimate of drug-likeness (QED) is 0.702. The van der Waals surface area contributed by atoms with Crippen LogP contribution in [0.4, 0.5) is 10.1 Å². The molecule has 0 saturated carbocycles. The number of carbonyl (C=O) groups is 3. The van der Waals surface area contributed by atoms with Crippen molar-refractivity contribution in [2.45, 2.75) is 42.4 Å². The molecule has 6 nitrogen and oxygen atoms in total. The number of likely N-dealkylation sites (tertiary alicyclic amines) is 1. The highest BCUT2D eigenvalue weighted by atomic mass is 32.2. The zero-order valence-corrected chi connectivity index (χ0v) is 18.6. The highest BCUT2D eigenvalue weighted by Crippen LogP contribution is 2.39. The SMILES string of the molecule is O=C(CN1C(=O)C(C(=O)N2CCCCCC2)Sc2ccccc21)NCc1ccc(F)cc1. The Morgan fingerprint density at radius 1 is 1.00 bits per heavy atom. The van der Waals surface area contributed by atoms with E-state index in [0.717, 1.165) is 36.1 Å². The lowest BCUT2D eigenvalue weighted by molar-refractivity contribution is -0.135. The molecule has 4 rings (SSSR count). The molecule has 2 heterocycles. The van der Waals surface area contributed by atoms with Crippen molar-refractivity contribution >= 4 is 35.2 Å². The van der Waals surface area contributed by atoms with E-state index < -0.39 is 5.25 Å². The molecule has 2 aliphatic rings. The van der Waals surface area contributed by atoms with E-state index in [2.05, 4.69) is 5.32 Å². The molecule has 0 bridgehead atoms. The molecule has 8 heteroatoms. The second-order valence-corrected chi connectivity index (χ2v) is 9.18. The maximum Gasteiger partial charge on any atom is 0.250 e. The van der Waals surface area contributed by atoms with Crippen molar-refractivity contribution in [1.82, 2.24) is 10.2 Å². The van der Waals surface area contributed by atoms with Gasteiger partial charge in [0.05, 0.1) is 5.69 Å². The van der Waals surface area contributed by atoms with Crippen molar-refractivity contribution in [2.75, 3.05) is 24.5 Å². The number of fused-ring (bicyclic) bond motifs is 1. The first-order valence-electron chi connectivity index (χ1n) is 10.9. The fourth-order valence-electron chi connectivity index (χ4n) is 4.00. The maximum atomic E-state index is 13.3. The zero-order valence-electron chi connectivity index (χ0n) is 17.8. The summed E-state index contributed by atoms with van der Waals surface area (Å²) >= 11 is 1.27. The number of amides is 3. The Hall–Kier alpha value is -2.87. The van der Waals surface area contributed by atoms with E-state index in [9.17, 15) is 18.8 Å². The van der Waals surface area contributed by atoms with Crippen LogP contribution in [0, 0.1) is 5.82 Å². The van der Waals surface area contributed by atoms with E-state index in [4.69, 9.17) is 0 Å². The first-order chi connectivity index (χ1) is 15.5. The van der Waals surface area contributed by atoms with Crippen LogP contribution in [-0.2, 0) is 20.9 Å². The fraction of sp³-hybridized carbons (Fsp3) is 0.375. The van der Waals surface area contributed by atoms with Gasteiger partial charge in [0.1, 0.15) is 12.4 Å². The van der Waals surface area contributed by atoms with E-state index >= 15 is 0 Å². The molecule has 1 fully saturated rings. The summed E-state index contributed by atoms with van der Waals surface area (Å²) in [6.07, 6.45) is 4.09. The number of benzene rings is 2. The lowest BCUT2D eigenvalue weighted by Crippen LogP contribution is -2.52. The molecule has 0 aromatic heterocycles. The Morgan fingerprint density at radius 2 is 1.69 bits per heavy atom. The molecule has 2 aromatic carbocycles. The number of rotatable bonds is 5. The van der Waals surface area contributed by atoms with Gasteiger partial charge in [-0.1, -0.05) is 37.1 Å². The van der Waals surface area contributed by atoms with Crippen LogP contribution in [0.2, 0.25) is 0 Å². The standard InChI is InChI=1S/C24H26FN3O3S/c25-18-11-9-17(10-12-18)15-26-21(29)16-28-19-7-3-4-8-20(19)32-22(24(28)31)23(30)27-13-5-1-2-6-14-27/h3-4,7-12,22H,1-2,5-6,13-16H2,(H,26,29). The van der Waals surface area contributed by atoms with Crippen LogP contribution in [0.25, 0.3) is 0 Å². The zero-order chi connectivity index (χ0) is 22.5. The third kappa shape index (κ3) is 5.12. The van der Waals surface area contributed by atoms with Crippen LogP contribution in [-0.4, -0.2) is 47.5 Å². The monoisotopic (exact) mass is 455 g/mol. The number of nitrogens with one attached hydrogen (secondary N) is 1. The van der Waals surface area contributed by atoms with Crippen LogP contribution in [0.3, 0.4) is 0 Å². The summed E-state index contributed by atoms with van der Waals surface area (Å²) in [5.74, 6) is -1.22. The van der Waals surface area contributed by atoms with Crippen molar-refractivity contribution in [2.24, 2.45) is 0 Å². The highest BCUT2D eigenvalue weighted by Gasteiger charge is 2.40. The molecule has 0 aliphatic carbocycles. The number of halogens is 1. The molecule has 0 radical (unpaired) electrons. The number of hydrogen-bond acceptors (Lipinski definition) is 4. The maximum absolute atomic E-state index is 13.3. The van der Waals surface area contributed by atoms with Gasteiger partial charge in [0, 0.05) is 24.5 Å². The smallest absolute Gasteiger partial charge is 0.250 e. The van der Waals surface area contributed by atoms with Crippen molar-refractivity contribution in [1.29, 1.82) is 0 Å². The van der Waals surface area contributed by atoms with Crippen molar-refractivity contribution in [3.8, 4) is 0 Å². The van der Waals surface area contributed by atoms with Gasteiger partial charge in [0.15, 0.2) is 5.25 Å². The minimum absolute atomic E-state index is 0.173. The Kier molecular flexibility index (Phi) is 7.09. The molecule has 3 amide bonds. The molecule has 1 N–H and O–H groups in total. The summed E-state index contributed by atoms with van der Waals surface area (Å²) in [4.78, 5) is 43.2. The number of thioether (sulfide) groups is 1. The summed E-state index contributed by atoms with van der Waals surface area (Å²) in [5, 5.41) is 1.89. The van der Waals surface area contributed by atoms with Crippen LogP contribution < -0.4 is 10.2 Å². The van der Waals surface area contributed by atoms with E-state index in [0.29, 0.717) is 18.8 Å². The van der Waals surface area contributed by atoms with Crippen LogP contribution >= 0.6 is 11.8 Å². The van der Waals surface area contributed by atoms with E-state index in [1.54, 1.807) is 23.1 Å². The number of carbonyl (C=O) groups excluding carboxylic acids is 3. The molecule has 2 aromatic rings. The summed E-state index contributed by atoms with van der Waals surface area (Å²) in [7, 11) is 0. The second-order valence-electron chi connectivity index (χ2n) is 8.03. The van der Waals surface area contributed by atoms with Gasteiger partial charge >= 0.3 is 0 Å². The molecule has 0 spiro atoms. The lowest BCUT2D eigenvalue weighted by Gasteiger charge is -2.34. The summed E-state index contributed by atoms with van der Waals surface area (Å²) in [6.45, 7) is 1.39. The minimum Gasteiger partial charge on any atom is -0.350 e. The van der Waals surface area contributed by atoms with Gasteiger partial charge in [-0.3, -0.25) is 14.4 Å². The summed E-state index contributed by atoms with van der Waals surface area (Å²) < 4.78 is 13.1. The van der Waals surface area contributed by atoms with E-state index in [1.807, 2.05) is 18.2 Å². The van der Waals surface area contributed by atoms with Crippen molar-refractivity contribution < 1.29 is 18.8 Å². The lowest BCUT2D eigenvalue weighted by atomic mass is 10.2. The molecule has 1 saturated heterocycles. The average Bonchev–Trinajstić information content (AvgIpc) is 3.09. The number of anilines is 1. The third-order valence-electron chi connectivity index (χ3n) is 5.74. The van der Waals surface area contributed by atoms with E-state index in [1.165, 1.54) is 28.8 Å². The van der Waals surface area contributed by atoms with Gasteiger partial charge in [-0.15, -0.1) is 11.8 Å². The normalized spacial score (nSPS) is 18.7. The van der Waals surface area contributed by atoms with Gasteiger partial charge in [0.2, 0.25) is 11.8 Å². The van der Waals surface area contributed by atoms with Gasteiger partial charge in [-0.25, -0.2) is 4.39 Å².